The molecule has 1 saturated heterocycles. The van der Waals surface area contributed by atoms with Crippen LogP contribution in [0.3, 0.4) is 0 Å². The molecule has 0 spiro atoms. The van der Waals surface area contributed by atoms with Gasteiger partial charge in [-0.2, -0.15) is 13.2 Å². The third-order valence-corrected chi connectivity index (χ3v) is 4.44. The number of halogens is 3. The SMILES string of the molecule is CC(O)C1CCN(CCC(=O)Nc2cccc(C(F)(F)F)c2)CC1. The fourth-order valence-corrected chi connectivity index (χ4v) is 2.92. The van der Waals surface area contributed by atoms with Gasteiger partial charge in [-0.05, 0) is 57.0 Å². The maximum atomic E-state index is 12.6. The number of rotatable bonds is 5. The summed E-state index contributed by atoms with van der Waals surface area (Å²) in [4.78, 5) is 14.1. The number of aliphatic hydroxyl groups excluding tert-OH is 1. The molecule has 1 unspecified atom stereocenters. The molecular formula is C17H23F3N2O2. The highest BCUT2D eigenvalue weighted by atomic mass is 19.4. The van der Waals surface area contributed by atoms with Crippen molar-refractivity contribution in [1.29, 1.82) is 0 Å². The fraction of sp³-hybridized carbons (Fsp3) is 0.588. The molecule has 2 N–H and O–H groups in total. The molecule has 0 aliphatic carbocycles. The number of hydrogen-bond donors (Lipinski definition) is 2. The molecule has 134 valence electrons. The Morgan fingerprint density at radius 3 is 2.62 bits per heavy atom. The number of hydrogen-bond acceptors (Lipinski definition) is 3. The topological polar surface area (TPSA) is 52.6 Å². The molecule has 1 aromatic rings. The lowest BCUT2D eigenvalue weighted by molar-refractivity contribution is -0.137. The number of carbonyl (C=O) groups is 1. The third kappa shape index (κ3) is 5.49. The summed E-state index contributed by atoms with van der Waals surface area (Å²) in [7, 11) is 0. The Labute approximate surface area is 139 Å². The summed E-state index contributed by atoms with van der Waals surface area (Å²) in [5, 5.41) is 12.1. The molecule has 1 aromatic carbocycles. The molecule has 0 aromatic heterocycles. The minimum Gasteiger partial charge on any atom is -0.393 e. The van der Waals surface area contributed by atoms with E-state index >= 15 is 0 Å². The molecule has 1 aliphatic rings. The van der Waals surface area contributed by atoms with Gasteiger partial charge >= 0.3 is 6.18 Å². The van der Waals surface area contributed by atoms with E-state index in [4.69, 9.17) is 0 Å². The Bertz CT molecular complexity index is 553. The number of carbonyl (C=O) groups excluding carboxylic acids is 1. The Balaban J connectivity index is 1.78. The lowest BCUT2D eigenvalue weighted by atomic mass is 9.92. The first-order chi connectivity index (χ1) is 11.3. The molecule has 1 amide bonds. The van der Waals surface area contributed by atoms with E-state index in [1.54, 1.807) is 6.92 Å². The van der Waals surface area contributed by atoms with Crippen LogP contribution >= 0.6 is 0 Å². The van der Waals surface area contributed by atoms with Crippen LogP contribution in [-0.4, -0.2) is 41.7 Å². The van der Waals surface area contributed by atoms with Crippen molar-refractivity contribution in [1.82, 2.24) is 4.90 Å². The van der Waals surface area contributed by atoms with Gasteiger partial charge in [0, 0.05) is 18.7 Å². The molecule has 1 aliphatic heterocycles. The molecule has 2 rings (SSSR count). The number of benzene rings is 1. The highest BCUT2D eigenvalue weighted by molar-refractivity contribution is 5.90. The molecular weight excluding hydrogens is 321 g/mol. The number of amides is 1. The van der Waals surface area contributed by atoms with Crippen LogP contribution in [0.15, 0.2) is 24.3 Å². The third-order valence-electron chi connectivity index (χ3n) is 4.44. The molecule has 4 nitrogen and oxygen atoms in total. The zero-order valence-corrected chi connectivity index (χ0v) is 13.6. The molecule has 24 heavy (non-hydrogen) atoms. The summed E-state index contributed by atoms with van der Waals surface area (Å²) in [6.45, 7) is 4.01. The van der Waals surface area contributed by atoms with Crippen LogP contribution in [-0.2, 0) is 11.0 Å². The number of nitrogens with zero attached hydrogens (tertiary/aromatic N) is 1. The second-order valence-electron chi connectivity index (χ2n) is 6.30. The van der Waals surface area contributed by atoms with Gasteiger partial charge in [0.1, 0.15) is 0 Å². The summed E-state index contributed by atoms with van der Waals surface area (Å²) < 4.78 is 37.9. The zero-order valence-electron chi connectivity index (χ0n) is 13.6. The fourth-order valence-electron chi connectivity index (χ4n) is 2.92. The van der Waals surface area contributed by atoms with Gasteiger partial charge < -0.3 is 15.3 Å². The van der Waals surface area contributed by atoms with E-state index in [2.05, 4.69) is 10.2 Å². The van der Waals surface area contributed by atoms with Gasteiger partial charge in [0.05, 0.1) is 11.7 Å². The van der Waals surface area contributed by atoms with Crippen LogP contribution in [0.2, 0.25) is 0 Å². The monoisotopic (exact) mass is 344 g/mol. The lowest BCUT2D eigenvalue weighted by Crippen LogP contribution is -2.38. The summed E-state index contributed by atoms with van der Waals surface area (Å²) in [5.74, 6) is 0.00663. The quantitative estimate of drug-likeness (QED) is 0.863. The number of alkyl halides is 3. The average Bonchev–Trinajstić information content (AvgIpc) is 2.53. The number of piperidine rings is 1. The van der Waals surface area contributed by atoms with Crippen LogP contribution in [0.4, 0.5) is 18.9 Å². The van der Waals surface area contributed by atoms with E-state index in [-0.39, 0.29) is 24.1 Å². The van der Waals surface area contributed by atoms with Crippen molar-refractivity contribution in [3.8, 4) is 0 Å². The Kier molecular flexibility index (Phi) is 6.23. The summed E-state index contributed by atoms with van der Waals surface area (Å²) in [5.41, 5.74) is -0.622. The van der Waals surface area contributed by atoms with E-state index in [0.717, 1.165) is 38.1 Å². The van der Waals surface area contributed by atoms with Gasteiger partial charge in [0.15, 0.2) is 0 Å². The molecule has 1 heterocycles. The van der Waals surface area contributed by atoms with Crippen molar-refractivity contribution in [2.24, 2.45) is 5.92 Å². The van der Waals surface area contributed by atoms with Crippen LogP contribution in [0, 0.1) is 5.92 Å². The highest BCUT2D eigenvalue weighted by Gasteiger charge is 2.30. The van der Waals surface area contributed by atoms with E-state index < -0.39 is 11.7 Å². The van der Waals surface area contributed by atoms with Gasteiger partial charge in [-0.25, -0.2) is 0 Å². The summed E-state index contributed by atoms with van der Waals surface area (Å²) >= 11 is 0. The second kappa shape index (κ2) is 7.98. The second-order valence-corrected chi connectivity index (χ2v) is 6.30. The minimum atomic E-state index is -4.42. The maximum absolute atomic E-state index is 12.6. The van der Waals surface area contributed by atoms with Crippen LogP contribution in [0.5, 0.6) is 0 Å². The number of anilines is 1. The first-order valence-corrected chi connectivity index (χ1v) is 8.13. The van der Waals surface area contributed by atoms with Crippen molar-refractivity contribution in [3.05, 3.63) is 29.8 Å². The lowest BCUT2D eigenvalue weighted by Gasteiger charge is -2.33. The largest absolute Gasteiger partial charge is 0.416 e. The van der Waals surface area contributed by atoms with E-state index in [1.165, 1.54) is 12.1 Å². The predicted molar refractivity (Wildman–Crippen MR) is 85.5 cm³/mol. The Hall–Kier alpha value is -1.60. The maximum Gasteiger partial charge on any atom is 0.416 e. The summed E-state index contributed by atoms with van der Waals surface area (Å²) in [6.07, 6.45) is -2.71. The van der Waals surface area contributed by atoms with Crippen molar-refractivity contribution in [2.75, 3.05) is 25.0 Å². The molecule has 1 atom stereocenters. The average molecular weight is 344 g/mol. The van der Waals surface area contributed by atoms with Crippen LogP contribution in [0.25, 0.3) is 0 Å². The number of nitrogens with one attached hydrogen (secondary N) is 1. The first-order valence-electron chi connectivity index (χ1n) is 8.13. The van der Waals surface area contributed by atoms with E-state index in [1.807, 2.05) is 0 Å². The van der Waals surface area contributed by atoms with E-state index in [0.29, 0.717) is 12.5 Å². The Morgan fingerprint density at radius 2 is 2.04 bits per heavy atom. The highest BCUT2D eigenvalue weighted by Crippen LogP contribution is 2.30. The molecule has 1 fully saturated rings. The number of aliphatic hydroxyl groups is 1. The molecule has 7 heteroatoms. The van der Waals surface area contributed by atoms with E-state index in [9.17, 15) is 23.1 Å². The Morgan fingerprint density at radius 1 is 1.38 bits per heavy atom. The zero-order chi connectivity index (χ0) is 17.7. The van der Waals surface area contributed by atoms with Crippen molar-refractivity contribution in [2.45, 2.75) is 38.5 Å². The number of likely N-dealkylation sites (tertiary alicyclic amines) is 1. The van der Waals surface area contributed by atoms with Gasteiger partial charge in [-0.15, -0.1) is 0 Å². The molecule has 0 saturated carbocycles. The van der Waals surface area contributed by atoms with Gasteiger partial charge in [0.25, 0.3) is 0 Å². The van der Waals surface area contributed by atoms with Crippen molar-refractivity contribution in [3.63, 3.8) is 0 Å². The van der Waals surface area contributed by atoms with Crippen LogP contribution in [0.1, 0.15) is 31.7 Å². The predicted octanol–water partition coefficient (Wildman–Crippen LogP) is 3.13. The van der Waals surface area contributed by atoms with Gasteiger partial charge in [0.2, 0.25) is 5.91 Å². The normalized spacial score (nSPS) is 18.4. The van der Waals surface area contributed by atoms with Gasteiger partial charge in [-0.1, -0.05) is 6.07 Å². The van der Waals surface area contributed by atoms with Gasteiger partial charge in [-0.3, -0.25) is 4.79 Å². The van der Waals surface area contributed by atoms with Crippen LogP contribution < -0.4 is 5.32 Å². The first kappa shape index (κ1) is 18.7. The smallest absolute Gasteiger partial charge is 0.393 e. The summed E-state index contributed by atoms with van der Waals surface area (Å²) in [6, 6.07) is 4.63. The molecule has 0 bridgehead atoms. The standard InChI is InChI=1S/C17H23F3N2O2/c1-12(23)13-5-8-22(9-6-13)10-7-16(24)21-15-4-2-3-14(11-15)17(18,19)20/h2-4,11-13,23H,5-10H2,1H3,(H,21,24). The van der Waals surface area contributed by atoms with Crippen molar-refractivity contribution < 1.29 is 23.1 Å². The van der Waals surface area contributed by atoms with Crippen molar-refractivity contribution >= 4 is 11.6 Å². The minimum absolute atomic E-state index is 0.155. The molecule has 0 radical (unpaired) electrons.